The molecule has 0 amide bonds. The fraction of sp³-hybridized carbons (Fsp3) is 0.241. The molecule has 0 spiro atoms. The van der Waals surface area contributed by atoms with Crippen LogP contribution in [0.15, 0.2) is 103 Å². The monoisotopic (exact) mass is 541 g/mol. The lowest BCUT2D eigenvalue weighted by Crippen LogP contribution is -2.28. The fourth-order valence-electron chi connectivity index (χ4n) is 4.03. The summed E-state index contributed by atoms with van der Waals surface area (Å²) >= 11 is 7.84. The molecule has 0 atom stereocenters. The van der Waals surface area contributed by atoms with Crippen LogP contribution in [0.2, 0.25) is 5.02 Å². The first-order valence-electron chi connectivity index (χ1n) is 12.6. The molecule has 1 aliphatic heterocycles. The number of thiophene rings is 1. The fourth-order valence-corrected chi connectivity index (χ4v) is 5.09. The number of hydrogen-bond donors (Lipinski definition) is 0. The van der Waals surface area contributed by atoms with Crippen molar-refractivity contribution in [3.8, 4) is 0 Å². The van der Waals surface area contributed by atoms with Gasteiger partial charge in [0.2, 0.25) is 0 Å². The Balaban J connectivity index is 1.19. The van der Waals surface area contributed by atoms with E-state index in [0.717, 1.165) is 52.0 Å². The predicted molar refractivity (Wildman–Crippen MR) is 157 cm³/mol. The van der Waals surface area contributed by atoms with Crippen LogP contribution in [0.4, 0.5) is 38.4 Å². The molecule has 0 saturated carbocycles. The first kappa shape index (κ1) is 25.9. The van der Waals surface area contributed by atoms with Gasteiger partial charge in [-0.05, 0) is 111 Å². The number of aryl methyl sites for hydroxylation is 2. The van der Waals surface area contributed by atoms with Crippen molar-refractivity contribution >= 4 is 61.4 Å². The Labute approximate surface area is 231 Å². The van der Waals surface area contributed by atoms with Crippen molar-refractivity contribution < 1.29 is 0 Å². The number of anilines is 1. The molecule has 7 nitrogen and oxygen atoms in total. The van der Waals surface area contributed by atoms with E-state index in [1.807, 2.05) is 74.5 Å². The standard InChI is InChI=1S/C29H28ClN7S/c1-20-6-7-25(19-26(20)30)33-31-22-8-10-23(11-9-22)32-35-27-13-12-24(18-21(27)2)34-36-28-14-15-29(38-28)37-16-4-3-5-17-37/h6-15,18-19H,3-5,16-17H2,1-2H3. The highest BCUT2D eigenvalue weighted by Crippen LogP contribution is 2.35. The molecule has 38 heavy (non-hydrogen) atoms. The van der Waals surface area contributed by atoms with E-state index >= 15 is 0 Å². The summed E-state index contributed by atoms with van der Waals surface area (Å²) in [6.45, 7) is 6.21. The van der Waals surface area contributed by atoms with Crippen molar-refractivity contribution in [2.24, 2.45) is 30.7 Å². The minimum absolute atomic E-state index is 0.674. The molecule has 0 bridgehead atoms. The third kappa shape index (κ3) is 6.76. The number of piperidine rings is 1. The molecule has 1 aromatic heterocycles. The molecule has 192 valence electrons. The van der Waals surface area contributed by atoms with Gasteiger partial charge in [-0.2, -0.15) is 20.5 Å². The molecular formula is C29H28ClN7S. The number of azo groups is 3. The molecule has 1 fully saturated rings. The second-order valence-electron chi connectivity index (χ2n) is 9.18. The number of hydrogen-bond acceptors (Lipinski definition) is 8. The third-order valence-electron chi connectivity index (χ3n) is 6.25. The maximum absolute atomic E-state index is 6.15. The Morgan fingerprint density at radius 2 is 1.21 bits per heavy atom. The van der Waals surface area contributed by atoms with Crippen LogP contribution < -0.4 is 4.90 Å². The number of halogens is 1. The lowest BCUT2D eigenvalue weighted by atomic mass is 10.1. The van der Waals surface area contributed by atoms with Crippen LogP contribution in [-0.4, -0.2) is 13.1 Å². The zero-order valence-electron chi connectivity index (χ0n) is 21.4. The SMILES string of the molecule is Cc1ccc(N=Nc2ccc(N=Nc3ccc(N=Nc4ccc(N5CCCCC5)s4)cc3C)cc2)cc1Cl. The van der Waals surface area contributed by atoms with E-state index in [1.54, 1.807) is 17.4 Å². The summed E-state index contributed by atoms with van der Waals surface area (Å²) in [6.07, 6.45) is 3.85. The molecule has 9 heteroatoms. The van der Waals surface area contributed by atoms with Gasteiger partial charge in [0.05, 0.1) is 33.4 Å². The van der Waals surface area contributed by atoms with Gasteiger partial charge >= 0.3 is 0 Å². The smallest absolute Gasteiger partial charge is 0.140 e. The van der Waals surface area contributed by atoms with Crippen LogP contribution >= 0.6 is 22.9 Å². The summed E-state index contributed by atoms with van der Waals surface area (Å²) < 4.78 is 0. The lowest BCUT2D eigenvalue weighted by molar-refractivity contribution is 0.580. The summed E-state index contributed by atoms with van der Waals surface area (Å²) in [5, 5.41) is 29.0. The highest BCUT2D eigenvalue weighted by Gasteiger charge is 2.12. The van der Waals surface area contributed by atoms with E-state index in [2.05, 4.69) is 41.7 Å². The summed E-state index contributed by atoms with van der Waals surface area (Å²) in [6, 6.07) is 23.0. The highest BCUT2D eigenvalue weighted by atomic mass is 35.5. The molecule has 0 N–H and O–H groups in total. The molecule has 2 heterocycles. The van der Waals surface area contributed by atoms with Gasteiger partial charge < -0.3 is 4.90 Å². The molecule has 5 rings (SSSR count). The van der Waals surface area contributed by atoms with Crippen molar-refractivity contribution in [1.29, 1.82) is 0 Å². The molecular weight excluding hydrogens is 514 g/mol. The molecule has 1 aliphatic rings. The van der Waals surface area contributed by atoms with Gasteiger partial charge in [0.1, 0.15) is 5.00 Å². The van der Waals surface area contributed by atoms with Gasteiger partial charge in [0.15, 0.2) is 0 Å². The third-order valence-corrected chi connectivity index (χ3v) is 7.69. The molecule has 4 aromatic rings. The van der Waals surface area contributed by atoms with Crippen LogP contribution in [-0.2, 0) is 0 Å². The number of benzene rings is 3. The molecule has 3 aromatic carbocycles. The second-order valence-corrected chi connectivity index (χ2v) is 10.6. The Hall–Kier alpha value is -3.75. The predicted octanol–water partition coefficient (Wildman–Crippen LogP) is 11.3. The zero-order chi connectivity index (χ0) is 26.3. The molecule has 0 radical (unpaired) electrons. The Kier molecular flexibility index (Phi) is 8.31. The van der Waals surface area contributed by atoms with Gasteiger partial charge in [-0.25, -0.2) is 0 Å². The van der Waals surface area contributed by atoms with E-state index in [1.165, 1.54) is 24.3 Å². The van der Waals surface area contributed by atoms with E-state index < -0.39 is 0 Å². The number of nitrogens with zero attached hydrogens (tertiary/aromatic N) is 7. The van der Waals surface area contributed by atoms with Crippen molar-refractivity contribution in [3.05, 3.63) is 88.9 Å². The Bertz CT molecular complexity index is 1490. The van der Waals surface area contributed by atoms with Crippen LogP contribution in [0.1, 0.15) is 30.4 Å². The van der Waals surface area contributed by atoms with Gasteiger partial charge in [-0.3, -0.25) is 0 Å². The number of rotatable bonds is 7. The van der Waals surface area contributed by atoms with Crippen molar-refractivity contribution in [1.82, 2.24) is 0 Å². The van der Waals surface area contributed by atoms with E-state index in [9.17, 15) is 0 Å². The van der Waals surface area contributed by atoms with Crippen molar-refractivity contribution in [2.75, 3.05) is 18.0 Å². The maximum atomic E-state index is 6.15. The Morgan fingerprint density at radius 3 is 1.92 bits per heavy atom. The second kappa shape index (κ2) is 12.2. The molecule has 0 unspecified atom stereocenters. The van der Waals surface area contributed by atoms with Gasteiger partial charge in [-0.1, -0.05) is 29.0 Å². The highest BCUT2D eigenvalue weighted by molar-refractivity contribution is 7.19. The van der Waals surface area contributed by atoms with Crippen LogP contribution in [0.5, 0.6) is 0 Å². The summed E-state index contributed by atoms with van der Waals surface area (Å²) in [5.41, 5.74) is 5.72. The van der Waals surface area contributed by atoms with Crippen LogP contribution in [0.3, 0.4) is 0 Å². The summed E-state index contributed by atoms with van der Waals surface area (Å²) in [4.78, 5) is 2.44. The van der Waals surface area contributed by atoms with Crippen LogP contribution in [0.25, 0.3) is 0 Å². The first-order valence-corrected chi connectivity index (χ1v) is 13.8. The average molecular weight is 542 g/mol. The maximum Gasteiger partial charge on any atom is 0.140 e. The molecule has 1 saturated heterocycles. The van der Waals surface area contributed by atoms with E-state index in [-0.39, 0.29) is 0 Å². The van der Waals surface area contributed by atoms with Crippen LogP contribution in [0, 0.1) is 13.8 Å². The van der Waals surface area contributed by atoms with Gasteiger partial charge in [-0.15, -0.1) is 10.2 Å². The summed E-state index contributed by atoms with van der Waals surface area (Å²) in [7, 11) is 0. The largest absolute Gasteiger partial charge is 0.363 e. The van der Waals surface area contributed by atoms with Gasteiger partial charge in [0.25, 0.3) is 0 Å². The molecule has 0 aliphatic carbocycles. The Morgan fingerprint density at radius 1 is 0.605 bits per heavy atom. The van der Waals surface area contributed by atoms with Crippen molar-refractivity contribution in [2.45, 2.75) is 33.1 Å². The topological polar surface area (TPSA) is 77.4 Å². The average Bonchev–Trinajstić information content (AvgIpc) is 3.42. The van der Waals surface area contributed by atoms with E-state index in [4.69, 9.17) is 11.6 Å². The quantitative estimate of drug-likeness (QED) is 0.214. The minimum Gasteiger partial charge on any atom is -0.363 e. The first-order chi connectivity index (χ1) is 18.5. The van der Waals surface area contributed by atoms with E-state index in [0.29, 0.717) is 10.7 Å². The van der Waals surface area contributed by atoms with Crippen molar-refractivity contribution in [3.63, 3.8) is 0 Å². The summed E-state index contributed by atoms with van der Waals surface area (Å²) in [5.74, 6) is 0. The minimum atomic E-state index is 0.674. The normalized spacial score (nSPS) is 14.3. The lowest BCUT2D eigenvalue weighted by Gasteiger charge is -2.26. The zero-order valence-corrected chi connectivity index (χ0v) is 23.0. The van der Waals surface area contributed by atoms with Gasteiger partial charge in [0, 0.05) is 18.1 Å².